The number of hydrogen-bond acceptors (Lipinski definition) is 5. The largest absolute Gasteiger partial charge is 0.368 e. The SMILES string of the molecule is CC1CN(c2ccnc3c2ccn3Cc2ccc(C(=O)NO)cc2)CC(C)N1Cc1ccccc1. The fourth-order valence-corrected chi connectivity index (χ4v) is 5.16. The second-order valence-electron chi connectivity index (χ2n) is 9.41. The summed E-state index contributed by atoms with van der Waals surface area (Å²) in [6, 6.07) is 23.1. The Kier molecular flexibility index (Phi) is 6.53. The first-order valence-corrected chi connectivity index (χ1v) is 12.1. The van der Waals surface area contributed by atoms with E-state index in [1.54, 1.807) is 17.6 Å². The van der Waals surface area contributed by atoms with E-state index in [2.05, 4.69) is 81.9 Å². The Balaban J connectivity index is 1.34. The zero-order valence-electron chi connectivity index (χ0n) is 20.1. The molecule has 1 fully saturated rings. The fourth-order valence-electron chi connectivity index (χ4n) is 5.16. The predicted molar refractivity (Wildman–Crippen MR) is 138 cm³/mol. The van der Waals surface area contributed by atoms with Crippen molar-refractivity contribution in [3.8, 4) is 0 Å². The zero-order valence-corrected chi connectivity index (χ0v) is 20.1. The Labute approximate surface area is 205 Å². The minimum Gasteiger partial charge on any atom is -0.368 e. The number of benzene rings is 2. The molecule has 35 heavy (non-hydrogen) atoms. The fraction of sp³-hybridized carbons (Fsp3) is 0.286. The predicted octanol–water partition coefficient (Wildman–Crippen LogP) is 4.30. The number of rotatable bonds is 6. The summed E-state index contributed by atoms with van der Waals surface area (Å²) in [5.41, 5.74) is 6.67. The summed E-state index contributed by atoms with van der Waals surface area (Å²) in [5.74, 6) is -0.512. The van der Waals surface area contributed by atoms with Crippen LogP contribution in [-0.2, 0) is 13.1 Å². The Hall–Kier alpha value is -3.68. The van der Waals surface area contributed by atoms with Crippen LogP contribution in [0.5, 0.6) is 0 Å². The van der Waals surface area contributed by atoms with E-state index in [1.807, 2.05) is 18.3 Å². The molecule has 4 aromatic rings. The van der Waals surface area contributed by atoms with Crippen LogP contribution >= 0.6 is 0 Å². The molecular weight excluding hydrogens is 438 g/mol. The molecule has 2 unspecified atom stereocenters. The molecule has 1 amide bonds. The molecule has 7 heteroatoms. The monoisotopic (exact) mass is 469 g/mol. The topological polar surface area (TPSA) is 73.6 Å². The van der Waals surface area contributed by atoms with Gasteiger partial charge in [0.05, 0.1) is 0 Å². The van der Waals surface area contributed by atoms with Crippen LogP contribution in [0.15, 0.2) is 79.1 Å². The first-order valence-electron chi connectivity index (χ1n) is 12.1. The number of nitrogens with zero attached hydrogens (tertiary/aromatic N) is 4. The van der Waals surface area contributed by atoms with E-state index in [9.17, 15) is 4.79 Å². The highest BCUT2D eigenvalue weighted by atomic mass is 16.5. The number of amides is 1. The lowest BCUT2D eigenvalue weighted by Gasteiger charge is -2.45. The standard InChI is InChI=1S/C28H31N5O2/c1-20-16-32(17-21(2)33(20)19-22-6-4-3-5-7-22)26-12-14-29-27-25(26)13-15-31(27)18-23-8-10-24(11-9-23)28(34)30-35/h3-15,20-21,35H,16-19H2,1-2H3,(H,30,34). The van der Waals surface area contributed by atoms with Gasteiger partial charge in [0.15, 0.2) is 0 Å². The van der Waals surface area contributed by atoms with Gasteiger partial charge in [-0.25, -0.2) is 10.5 Å². The third kappa shape index (κ3) is 4.78. The van der Waals surface area contributed by atoms with E-state index in [0.29, 0.717) is 24.2 Å². The maximum Gasteiger partial charge on any atom is 0.274 e. The summed E-state index contributed by atoms with van der Waals surface area (Å²) in [5, 5.41) is 9.96. The van der Waals surface area contributed by atoms with Gasteiger partial charge in [-0.15, -0.1) is 0 Å². The van der Waals surface area contributed by atoms with Gasteiger partial charge in [-0.2, -0.15) is 0 Å². The molecule has 2 aromatic heterocycles. The second-order valence-corrected chi connectivity index (χ2v) is 9.41. The number of carbonyl (C=O) groups excluding carboxylic acids is 1. The highest BCUT2D eigenvalue weighted by molar-refractivity contribution is 5.93. The lowest BCUT2D eigenvalue weighted by Crippen LogP contribution is -2.56. The molecule has 0 spiro atoms. The van der Waals surface area contributed by atoms with Crippen molar-refractivity contribution in [2.24, 2.45) is 0 Å². The molecule has 1 aliphatic heterocycles. The van der Waals surface area contributed by atoms with Crippen molar-refractivity contribution >= 4 is 22.6 Å². The van der Waals surface area contributed by atoms with Crippen LogP contribution in [-0.4, -0.2) is 50.7 Å². The molecule has 180 valence electrons. The van der Waals surface area contributed by atoms with Gasteiger partial charge in [0.25, 0.3) is 5.91 Å². The third-order valence-corrected chi connectivity index (χ3v) is 6.96. The highest BCUT2D eigenvalue weighted by Gasteiger charge is 2.30. The van der Waals surface area contributed by atoms with Crippen LogP contribution in [0.1, 0.15) is 35.3 Å². The number of hydrogen-bond donors (Lipinski definition) is 2. The van der Waals surface area contributed by atoms with Gasteiger partial charge in [-0.1, -0.05) is 42.5 Å². The lowest BCUT2D eigenvalue weighted by molar-refractivity contribution is 0.0706. The summed E-state index contributed by atoms with van der Waals surface area (Å²) in [6.45, 7) is 8.19. The Morgan fingerprint density at radius 3 is 2.31 bits per heavy atom. The molecule has 1 aliphatic rings. The lowest BCUT2D eigenvalue weighted by atomic mass is 10.0. The van der Waals surface area contributed by atoms with Crippen LogP contribution in [0.25, 0.3) is 11.0 Å². The molecule has 2 aromatic carbocycles. The van der Waals surface area contributed by atoms with Crippen molar-refractivity contribution in [3.05, 3.63) is 95.8 Å². The second kappa shape index (κ2) is 9.90. The van der Waals surface area contributed by atoms with Gasteiger partial charge < -0.3 is 9.47 Å². The Morgan fingerprint density at radius 1 is 0.943 bits per heavy atom. The molecule has 7 nitrogen and oxygen atoms in total. The summed E-state index contributed by atoms with van der Waals surface area (Å²) in [6.07, 6.45) is 3.97. The molecule has 0 radical (unpaired) electrons. The molecule has 5 rings (SSSR count). The van der Waals surface area contributed by atoms with Crippen molar-refractivity contribution < 1.29 is 10.0 Å². The van der Waals surface area contributed by atoms with Crippen LogP contribution < -0.4 is 10.4 Å². The van der Waals surface area contributed by atoms with Gasteiger partial charge in [0, 0.05) is 67.3 Å². The van der Waals surface area contributed by atoms with Crippen LogP contribution in [0.3, 0.4) is 0 Å². The van der Waals surface area contributed by atoms with Crippen LogP contribution in [0.4, 0.5) is 5.69 Å². The minimum absolute atomic E-state index is 0.420. The molecule has 3 heterocycles. The molecule has 2 N–H and O–H groups in total. The van der Waals surface area contributed by atoms with Crippen molar-refractivity contribution in [1.82, 2.24) is 19.9 Å². The maximum absolute atomic E-state index is 11.6. The Bertz CT molecular complexity index is 1290. The maximum atomic E-state index is 11.6. The summed E-state index contributed by atoms with van der Waals surface area (Å²) < 4.78 is 2.14. The smallest absolute Gasteiger partial charge is 0.274 e. The molecule has 0 aliphatic carbocycles. The van der Waals surface area contributed by atoms with E-state index < -0.39 is 5.91 Å². The molecule has 1 saturated heterocycles. The number of hydroxylamine groups is 1. The number of nitrogens with one attached hydrogen (secondary N) is 1. The van der Waals surface area contributed by atoms with Gasteiger partial charge in [-0.3, -0.25) is 14.9 Å². The quantitative estimate of drug-likeness (QED) is 0.325. The first-order chi connectivity index (χ1) is 17.0. The first kappa shape index (κ1) is 23.1. The van der Waals surface area contributed by atoms with E-state index in [0.717, 1.165) is 36.2 Å². The van der Waals surface area contributed by atoms with Gasteiger partial charge >= 0.3 is 0 Å². The van der Waals surface area contributed by atoms with Gasteiger partial charge in [0.2, 0.25) is 0 Å². The van der Waals surface area contributed by atoms with E-state index in [4.69, 9.17) is 5.21 Å². The number of anilines is 1. The average Bonchev–Trinajstić information content (AvgIpc) is 3.29. The molecule has 0 bridgehead atoms. The molecule has 2 atom stereocenters. The summed E-state index contributed by atoms with van der Waals surface area (Å²) in [4.78, 5) is 21.4. The van der Waals surface area contributed by atoms with Gasteiger partial charge in [-0.05, 0) is 49.2 Å². The molecular formula is C28H31N5O2. The number of aromatic nitrogens is 2. The van der Waals surface area contributed by atoms with E-state index in [1.165, 1.54) is 11.3 Å². The van der Waals surface area contributed by atoms with E-state index in [-0.39, 0.29) is 0 Å². The van der Waals surface area contributed by atoms with Crippen molar-refractivity contribution in [2.75, 3.05) is 18.0 Å². The van der Waals surface area contributed by atoms with Crippen molar-refractivity contribution in [1.29, 1.82) is 0 Å². The van der Waals surface area contributed by atoms with Gasteiger partial charge in [0.1, 0.15) is 5.65 Å². The van der Waals surface area contributed by atoms with Crippen molar-refractivity contribution in [3.63, 3.8) is 0 Å². The number of piperazine rings is 1. The van der Waals surface area contributed by atoms with Crippen molar-refractivity contribution in [2.45, 2.75) is 39.0 Å². The third-order valence-electron chi connectivity index (χ3n) is 6.96. The minimum atomic E-state index is -0.512. The Morgan fingerprint density at radius 2 is 1.63 bits per heavy atom. The zero-order chi connectivity index (χ0) is 24.4. The van der Waals surface area contributed by atoms with Crippen LogP contribution in [0.2, 0.25) is 0 Å². The normalized spacial score (nSPS) is 18.7. The van der Waals surface area contributed by atoms with Crippen LogP contribution in [0, 0.1) is 0 Å². The average molecular weight is 470 g/mol. The highest BCUT2D eigenvalue weighted by Crippen LogP contribution is 2.30. The number of pyridine rings is 1. The van der Waals surface area contributed by atoms with E-state index >= 15 is 0 Å². The number of fused-ring (bicyclic) bond motifs is 1. The summed E-state index contributed by atoms with van der Waals surface area (Å²) >= 11 is 0. The molecule has 0 saturated carbocycles. The summed E-state index contributed by atoms with van der Waals surface area (Å²) in [7, 11) is 0. The number of carbonyl (C=O) groups is 1.